The number of ether oxygens (including phenoxy) is 1. The quantitative estimate of drug-likeness (QED) is 0.755. The van der Waals surface area contributed by atoms with E-state index in [-0.39, 0.29) is 0 Å². The number of fused-ring (bicyclic) bond motifs is 2. The van der Waals surface area contributed by atoms with Crippen molar-refractivity contribution in [2.24, 2.45) is 5.73 Å². The van der Waals surface area contributed by atoms with Crippen molar-refractivity contribution in [1.82, 2.24) is 0 Å². The van der Waals surface area contributed by atoms with Crippen molar-refractivity contribution in [3.63, 3.8) is 0 Å². The van der Waals surface area contributed by atoms with E-state index >= 15 is 0 Å². The number of hydrogen-bond donors (Lipinski definition) is 2. The highest BCUT2D eigenvalue weighted by atomic mass is 16.5. The van der Waals surface area contributed by atoms with Gasteiger partial charge in [0, 0.05) is 6.42 Å². The molecular formula is C22H21NO3. The van der Waals surface area contributed by atoms with Gasteiger partial charge in [-0.25, -0.2) is 0 Å². The normalized spacial score (nSPS) is 19.1. The van der Waals surface area contributed by atoms with Gasteiger partial charge >= 0.3 is 5.97 Å². The second-order valence-electron chi connectivity index (χ2n) is 7.00. The minimum absolute atomic E-state index is 0.336. The minimum atomic E-state index is -1.18. The third kappa shape index (κ3) is 3.04. The van der Waals surface area contributed by atoms with Crippen molar-refractivity contribution < 1.29 is 14.6 Å². The summed E-state index contributed by atoms with van der Waals surface area (Å²) in [4.78, 5) is 11.4. The molecule has 4 rings (SSSR count). The first kappa shape index (κ1) is 16.6. The van der Waals surface area contributed by atoms with Gasteiger partial charge in [0.25, 0.3) is 0 Å². The zero-order chi connectivity index (χ0) is 18.1. The molecule has 0 heterocycles. The summed E-state index contributed by atoms with van der Waals surface area (Å²) in [5, 5.41) is 11.8. The van der Waals surface area contributed by atoms with Crippen LogP contribution in [0.15, 0.2) is 60.7 Å². The Morgan fingerprint density at radius 1 is 1.08 bits per heavy atom. The summed E-state index contributed by atoms with van der Waals surface area (Å²) in [5.74, 6) is -0.198. The second-order valence-corrected chi connectivity index (χ2v) is 7.00. The molecule has 3 aromatic rings. The molecule has 26 heavy (non-hydrogen) atoms. The lowest BCUT2D eigenvalue weighted by Gasteiger charge is -2.31. The summed E-state index contributed by atoms with van der Waals surface area (Å²) in [6, 6.07) is 20.3. The zero-order valence-corrected chi connectivity index (χ0v) is 14.4. The largest absolute Gasteiger partial charge is 0.489 e. The van der Waals surface area contributed by atoms with Gasteiger partial charge in [0.1, 0.15) is 17.9 Å². The van der Waals surface area contributed by atoms with E-state index in [1.807, 2.05) is 36.4 Å². The molecule has 1 aliphatic carbocycles. The van der Waals surface area contributed by atoms with Crippen molar-refractivity contribution >= 4 is 16.7 Å². The van der Waals surface area contributed by atoms with Gasteiger partial charge in [0.05, 0.1) is 0 Å². The zero-order valence-electron chi connectivity index (χ0n) is 14.4. The number of aryl methyl sites for hydroxylation is 1. The molecule has 0 bridgehead atoms. The fourth-order valence-corrected chi connectivity index (χ4v) is 3.65. The molecule has 0 spiro atoms. The molecule has 0 aliphatic heterocycles. The van der Waals surface area contributed by atoms with Crippen LogP contribution < -0.4 is 10.5 Å². The molecule has 3 aromatic carbocycles. The Balaban J connectivity index is 1.56. The third-order valence-electron chi connectivity index (χ3n) is 5.22. The maximum Gasteiger partial charge on any atom is 0.324 e. The molecule has 0 radical (unpaired) electrons. The minimum Gasteiger partial charge on any atom is -0.489 e. The van der Waals surface area contributed by atoms with Crippen LogP contribution >= 0.6 is 0 Å². The van der Waals surface area contributed by atoms with E-state index in [0.717, 1.165) is 22.4 Å². The molecule has 3 N–H and O–H groups in total. The highest BCUT2D eigenvalue weighted by Gasteiger charge is 2.37. The van der Waals surface area contributed by atoms with Crippen molar-refractivity contribution in [1.29, 1.82) is 0 Å². The molecule has 1 aliphatic rings. The maximum absolute atomic E-state index is 11.4. The molecular weight excluding hydrogens is 326 g/mol. The van der Waals surface area contributed by atoms with E-state index in [2.05, 4.69) is 24.3 Å². The monoisotopic (exact) mass is 347 g/mol. The predicted octanol–water partition coefficient (Wildman–Crippen LogP) is 3.69. The lowest BCUT2D eigenvalue weighted by Crippen LogP contribution is -2.52. The van der Waals surface area contributed by atoms with Crippen LogP contribution in [0.3, 0.4) is 0 Å². The van der Waals surface area contributed by atoms with Gasteiger partial charge in [0.15, 0.2) is 0 Å². The Hall–Kier alpha value is -2.85. The summed E-state index contributed by atoms with van der Waals surface area (Å²) in [6.45, 7) is 0.465. The average Bonchev–Trinajstić information content (AvgIpc) is 2.66. The lowest BCUT2D eigenvalue weighted by molar-refractivity contribution is -0.143. The van der Waals surface area contributed by atoms with Gasteiger partial charge in [-0.05, 0) is 52.4 Å². The summed E-state index contributed by atoms with van der Waals surface area (Å²) < 4.78 is 6.01. The molecule has 4 heteroatoms. The molecule has 0 unspecified atom stereocenters. The van der Waals surface area contributed by atoms with Crippen molar-refractivity contribution in [2.75, 3.05) is 0 Å². The van der Waals surface area contributed by atoms with Crippen LogP contribution in [-0.4, -0.2) is 16.6 Å². The van der Waals surface area contributed by atoms with E-state index < -0.39 is 11.5 Å². The van der Waals surface area contributed by atoms with Crippen LogP contribution in [0.5, 0.6) is 5.75 Å². The number of aliphatic carboxylic acids is 1. The van der Waals surface area contributed by atoms with Crippen LogP contribution in [-0.2, 0) is 24.2 Å². The Labute approximate surface area is 152 Å². The number of carboxylic acid groups (broad SMARTS) is 1. The van der Waals surface area contributed by atoms with Gasteiger partial charge in [-0.2, -0.15) is 0 Å². The van der Waals surface area contributed by atoms with Crippen LogP contribution in [0.2, 0.25) is 0 Å². The SMILES string of the molecule is N[C@@]1(C(=O)O)CCc2ccc(OCc3cccc4ccccc34)cc2C1. The Bertz CT molecular complexity index is 977. The number of nitrogens with two attached hydrogens (primary N) is 1. The fraction of sp³-hybridized carbons (Fsp3) is 0.227. The first-order valence-corrected chi connectivity index (χ1v) is 8.79. The Morgan fingerprint density at radius 2 is 1.88 bits per heavy atom. The number of carboxylic acids is 1. The van der Waals surface area contributed by atoms with Crippen molar-refractivity contribution in [2.45, 2.75) is 31.4 Å². The highest BCUT2D eigenvalue weighted by Crippen LogP contribution is 2.30. The topological polar surface area (TPSA) is 72.6 Å². The lowest BCUT2D eigenvalue weighted by atomic mass is 9.78. The van der Waals surface area contributed by atoms with Crippen LogP contribution in [0, 0.1) is 0 Å². The molecule has 1 atom stereocenters. The smallest absolute Gasteiger partial charge is 0.324 e. The number of rotatable bonds is 4. The predicted molar refractivity (Wildman–Crippen MR) is 101 cm³/mol. The maximum atomic E-state index is 11.4. The Kier molecular flexibility index (Phi) is 4.13. The van der Waals surface area contributed by atoms with E-state index in [0.29, 0.717) is 25.9 Å². The van der Waals surface area contributed by atoms with E-state index in [4.69, 9.17) is 10.5 Å². The number of hydrogen-bond acceptors (Lipinski definition) is 3. The second kappa shape index (κ2) is 6.46. The van der Waals surface area contributed by atoms with Crippen molar-refractivity contribution in [3.8, 4) is 5.75 Å². The van der Waals surface area contributed by atoms with Crippen LogP contribution in [0.25, 0.3) is 10.8 Å². The molecule has 0 aromatic heterocycles. The van der Waals surface area contributed by atoms with Gasteiger partial charge < -0.3 is 15.6 Å². The number of carbonyl (C=O) groups is 1. The average molecular weight is 347 g/mol. The van der Waals surface area contributed by atoms with E-state index in [9.17, 15) is 9.90 Å². The van der Waals surface area contributed by atoms with E-state index in [1.165, 1.54) is 10.8 Å². The molecule has 0 fully saturated rings. The molecule has 132 valence electrons. The van der Waals surface area contributed by atoms with Crippen LogP contribution in [0.1, 0.15) is 23.1 Å². The summed E-state index contributed by atoms with van der Waals surface area (Å²) in [5.41, 5.74) is 8.13. The molecule has 4 nitrogen and oxygen atoms in total. The van der Waals surface area contributed by atoms with E-state index in [1.54, 1.807) is 0 Å². The van der Waals surface area contributed by atoms with Gasteiger partial charge in [-0.1, -0.05) is 48.5 Å². The van der Waals surface area contributed by atoms with Crippen molar-refractivity contribution in [3.05, 3.63) is 77.4 Å². The summed E-state index contributed by atoms with van der Waals surface area (Å²) in [6.07, 6.45) is 1.48. The number of benzene rings is 3. The van der Waals surface area contributed by atoms with Crippen LogP contribution in [0.4, 0.5) is 0 Å². The van der Waals surface area contributed by atoms with Gasteiger partial charge in [-0.3, -0.25) is 4.79 Å². The summed E-state index contributed by atoms with van der Waals surface area (Å²) >= 11 is 0. The van der Waals surface area contributed by atoms with Gasteiger partial charge in [0.2, 0.25) is 0 Å². The standard InChI is InChI=1S/C22H21NO3/c23-22(21(24)25)11-10-15-8-9-19(12-18(15)13-22)26-14-17-6-3-5-16-4-1-2-7-20(16)17/h1-9,12H,10-11,13-14,23H2,(H,24,25)/t22-/m0/s1. The first-order valence-electron chi connectivity index (χ1n) is 8.79. The van der Waals surface area contributed by atoms with Gasteiger partial charge in [-0.15, -0.1) is 0 Å². The fourth-order valence-electron chi connectivity index (χ4n) is 3.65. The Morgan fingerprint density at radius 3 is 2.73 bits per heavy atom. The third-order valence-corrected chi connectivity index (χ3v) is 5.22. The molecule has 0 amide bonds. The molecule has 0 saturated carbocycles. The molecule has 0 saturated heterocycles. The first-order chi connectivity index (χ1) is 12.5. The highest BCUT2D eigenvalue weighted by molar-refractivity contribution is 5.85. The summed E-state index contributed by atoms with van der Waals surface area (Å²) in [7, 11) is 0.